The lowest BCUT2D eigenvalue weighted by atomic mass is 10.2. The molecule has 0 fully saturated rings. The largest absolute Gasteiger partial charge is 0.497 e. The van der Waals surface area contributed by atoms with Crippen LogP contribution in [0.4, 0.5) is 0 Å². The Morgan fingerprint density at radius 1 is 1.23 bits per heavy atom. The van der Waals surface area contributed by atoms with Crippen LogP contribution in [0.15, 0.2) is 45.9 Å². The molecule has 4 rings (SSSR count). The van der Waals surface area contributed by atoms with Crippen LogP contribution in [0.3, 0.4) is 0 Å². The normalized spacial score (nSPS) is 11.2. The lowest BCUT2D eigenvalue weighted by molar-refractivity contribution is 0.415. The number of rotatable bonds is 5. The quantitative estimate of drug-likeness (QED) is 0.538. The minimum absolute atomic E-state index is 0.102. The van der Waals surface area contributed by atoms with Crippen LogP contribution in [0.1, 0.15) is 17.7 Å². The second kappa shape index (κ2) is 6.72. The van der Waals surface area contributed by atoms with Crippen LogP contribution in [-0.2, 0) is 13.0 Å². The number of ether oxygens (including phenoxy) is 1. The van der Waals surface area contributed by atoms with Crippen LogP contribution in [-0.4, -0.2) is 26.9 Å². The molecule has 0 N–H and O–H groups in total. The molecule has 0 aliphatic carbocycles. The second-order valence-electron chi connectivity index (χ2n) is 5.69. The van der Waals surface area contributed by atoms with Gasteiger partial charge < -0.3 is 9.15 Å². The van der Waals surface area contributed by atoms with Gasteiger partial charge in [0, 0.05) is 10.4 Å². The Balaban J connectivity index is 1.61. The SMILES string of the molecule is CCc1cc2c(=O)n(Cc3nnc(-c4ccc(OC)cc4)o3)cnc2s1. The summed E-state index contributed by atoms with van der Waals surface area (Å²) < 4.78 is 12.3. The van der Waals surface area contributed by atoms with Gasteiger partial charge in [-0.05, 0) is 36.8 Å². The fourth-order valence-corrected chi connectivity index (χ4v) is 3.54. The Kier molecular flexibility index (Phi) is 4.26. The maximum Gasteiger partial charge on any atom is 0.262 e. The molecule has 0 spiro atoms. The monoisotopic (exact) mass is 368 g/mol. The summed E-state index contributed by atoms with van der Waals surface area (Å²) in [7, 11) is 1.61. The first-order chi connectivity index (χ1) is 12.7. The molecule has 0 aliphatic heterocycles. The van der Waals surface area contributed by atoms with Crippen molar-refractivity contribution >= 4 is 21.6 Å². The van der Waals surface area contributed by atoms with E-state index in [1.165, 1.54) is 10.9 Å². The number of hydrogen-bond donors (Lipinski definition) is 0. The average Bonchev–Trinajstić information content (AvgIpc) is 3.31. The van der Waals surface area contributed by atoms with Gasteiger partial charge in [-0.2, -0.15) is 0 Å². The van der Waals surface area contributed by atoms with Crippen molar-refractivity contribution in [1.82, 2.24) is 19.7 Å². The Labute approximate surface area is 152 Å². The zero-order valence-electron chi connectivity index (χ0n) is 14.3. The van der Waals surface area contributed by atoms with Crippen LogP contribution in [0.5, 0.6) is 5.75 Å². The Bertz CT molecular complexity index is 1110. The Hall–Kier alpha value is -3.00. The van der Waals surface area contributed by atoms with Crippen LogP contribution in [0, 0.1) is 0 Å². The molecule has 26 heavy (non-hydrogen) atoms. The first kappa shape index (κ1) is 16.5. The van der Waals surface area contributed by atoms with Gasteiger partial charge >= 0.3 is 0 Å². The number of hydrogen-bond acceptors (Lipinski definition) is 7. The molecule has 8 heteroatoms. The molecule has 0 unspecified atom stereocenters. The third-order valence-corrected chi connectivity index (χ3v) is 5.21. The number of aromatic nitrogens is 4. The molecule has 0 aliphatic rings. The van der Waals surface area contributed by atoms with E-state index in [1.807, 2.05) is 30.3 Å². The van der Waals surface area contributed by atoms with Gasteiger partial charge in [-0.1, -0.05) is 6.92 Å². The lowest BCUT2D eigenvalue weighted by Gasteiger charge is -2.01. The van der Waals surface area contributed by atoms with Gasteiger partial charge in [-0.3, -0.25) is 9.36 Å². The van der Waals surface area contributed by atoms with Crippen LogP contribution < -0.4 is 10.3 Å². The summed E-state index contributed by atoms with van der Waals surface area (Å²) in [5, 5.41) is 8.73. The third kappa shape index (κ3) is 2.99. The summed E-state index contributed by atoms with van der Waals surface area (Å²) in [6, 6.07) is 9.23. The number of aryl methyl sites for hydroxylation is 1. The molecule has 0 saturated heterocycles. The van der Waals surface area contributed by atoms with Crippen molar-refractivity contribution in [3.63, 3.8) is 0 Å². The zero-order valence-corrected chi connectivity index (χ0v) is 15.1. The smallest absolute Gasteiger partial charge is 0.262 e. The first-order valence-electron chi connectivity index (χ1n) is 8.12. The molecule has 7 nitrogen and oxygen atoms in total. The molecule has 132 valence electrons. The van der Waals surface area contributed by atoms with Crippen LogP contribution in [0.25, 0.3) is 21.7 Å². The summed E-state index contributed by atoms with van der Waals surface area (Å²) in [5.41, 5.74) is 0.686. The van der Waals surface area contributed by atoms with E-state index in [1.54, 1.807) is 18.4 Å². The highest BCUT2D eigenvalue weighted by Crippen LogP contribution is 2.22. The highest BCUT2D eigenvalue weighted by atomic mass is 32.1. The van der Waals surface area contributed by atoms with Crippen molar-refractivity contribution in [1.29, 1.82) is 0 Å². The summed E-state index contributed by atoms with van der Waals surface area (Å²) in [6.45, 7) is 2.24. The molecule has 0 radical (unpaired) electrons. The van der Waals surface area contributed by atoms with E-state index in [9.17, 15) is 4.79 Å². The van der Waals surface area contributed by atoms with Gasteiger partial charge in [0.25, 0.3) is 5.56 Å². The van der Waals surface area contributed by atoms with Crippen molar-refractivity contribution in [2.75, 3.05) is 7.11 Å². The molecule has 3 aromatic heterocycles. The minimum Gasteiger partial charge on any atom is -0.497 e. The van der Waals surface area contributed by atoms with E-state index in [0.29, 0.717) is 17.2 Å². The molecule has 0 amide bonds. The maximum absolute atomic E-state index is 12.6. The van der Waals surface area contributed by atoms with Gasteiger partial charge in [0.1, 0.15) is 17.1 Å². The van der Waals surface area contributed by atoms with E-state index in [0.717, 1.165) is 27.4 Å². The van der Waals surface area contributed by atoms with Crippen molar-refractivity contribution in [3.05, 3.63) is 57.8 Å². The van der Waals surface area contributed by atoms with E-state index in [4.69, 9.17) is 9.15 Å². The van der Waals surface area contributed by atoms with Gasteiger partial charge in [-0.25, -0.2) is 4.98 Å². The van der Waals surface area contributed by atoms with Gasteiger partial charge in [0.15, 0.2) is 0 Å². The lowest BCUT2D eigenvalue weighted by Crippen LogP contribution is -2.20. The fourth-order valence-electron chi connectivity index (χ4n) is 2.61. The number of nitrogens with zero attached hydrogens (tertiary/aromatic N) is 4. The average molecular weight is 368 g/mol. The number of thiophene rings is 1. The van der Waals surface area contributed by atoms with Crippen molar-refractivity contribution < 1.29 is 9.15 Å². The molecular weight excluding hydrogens is 352 g/mol. The second-order valence-corrected chi connectivity index (χ2v) is 6.81. The van der Waals surface area contributed by atoms with Crippen molar-refractivity contribution in [2.45, 2.75) is 19.9 Å². The summed E-state index contributed by atoms with van der Waals surface area (Å²) >= 11 is 1.54. The van der Waals surface area contributed by atoms with Crippen LogP contribution in [0.2, 0.25) is 0 Å². The Morgan fingerprint density at radius 3 is 2.77 bits per heavy atom. The van der Waals surface area contributed by atoms with Crippen LogP contribution >= 0.6 is 11.3 Å². The first-order valence-corrected chi connectivity index (χ1v) is 8.94. The van der Waals surface area contributed by atoms with Gasteiger partial charge in [0.05, 0.1) is 18.8 Å². The molecular formula is C18H16N4O3S. The summed E-state index contributed by atoms with van der Waals surface area (Å²) in [4.78, 5) is 18.9. The standard InChI is InChI=1S/C18H16N4O3S/c1-3-13-8-14-17(26-13)19-10-22(18(14)23)9-15-20-21-16(25-15)11-4-6-12(24-2)7-5-11/h4-8,10H,3,9H2,1-2H3. The predicted octanol–water partition coefficient (Wildman–Crippen LogP) is 3.13. The highest BCUT2D eigenvalue weighted by Gasteiger charge is 2.13. The minimum atomic E-state index is -0.102. The number of benzene rings is 1. The van der Waals surface area contributed by atoms with E-state index >= 15 is 0 Å². The molecule has 0 saturated carbocycles. The molecule has 0 bridgehead atoms. The Morgan fingerprint density at radius 2 is 2.04 bits per heavy atom. The molecule has 1 aromatic carbocycles. The van der Waals surface area contributed by atoms with E-state index in [-0.39, 0.29) is 12.1 Å². The van der Waals surface area contributed by atoms with Gasteiger partial charge in [0.2, 0.25) is 11.8 Å². The molecule has 4 aromatic rings. The topological polar surface area (TPSA) is 83.0 Å². The third-order valence-electron chi connectivity index (χ3n) is 4.03. The van der Waals surface area contributed by atoms with Crippen molar-refractivity contribution in [3.8, 4) is 17.2 Å². The maximum atomic E-state index is 12.6. The number of fused-ring (bicyclic) bond motifs is 1. The molecule has 0 atom stereocenters. The van der Waals surface area contributed by atoms with Crippen molar-refractivity contribution in [2.24, 2.45) is 0 Å². The molecule has 3 heterocycles. The summed E-state index contributed by atoms with van der Waals surface area (Å²) in [6.07, 6.45) is 2.41. The fraction of sp³-hybridized carbons (Fsp3) is 0.222. The number of methoxy groups -OCH3 is 1. The zero-order chi connectivity index (χ0) is 18.1. The van der Waals surface area contributed by atoms with Gasteiger partial charge in [-0.15, -0.1) is 21.5 Å². The van der Waals surface area contributed by atoms with E-state index in [2.05, 4.69) is 22.1 Å². The summed E-state index contributed by atoms with van der Waals surface area (Å²) in [5.74, 6) is 1.50. The van der Waals surface area contributed by atoms with E-state index < -0.39 is 0 Å². The predicted molar refractivity (Wildman–Crippen MR) is 98.6 cm³/mol. The highest BCUT2D eigenvalue weighted by molar-refractivity contribution is 7.18.